The summed E-state index contributed by atoms with van der Waals surface area (Å²) < 4.78 is 2.51. The van der Waals surface area contributed by atoms with Crippen molar-refractivity contribution in [1.82, 2.24) is 9.66 Å². The highest BCUT2D eigenvalue weighted by atomic mass is 32.1. The van der Waals surface area contributed by atoms with E-state index in [4.69, 9.17) is 12.2 Å². The van der Waals surface area contributed by atoms with Gasteiger partial charge in [0, 0.05) is 18.6 Å². The maximum absolute atomic E-state index is 5.14. The smallest absolute Gasteiger partial charge is 0.159 e. The normalized spacial score (nSPS) is 10.2. The van der Waals surface area contributed by atoms with Gasteiger partial charge in [0.15, 0.2) is 5.65 Å². The lowest BCUT2D eigenvalue weighted by Gasteiger charge is -2.08. The number of hydrogen-bond acceptors (Lipinski definition) is 3. The average molecular weight is 191 g/mol. The Morgan fingerprint density at radius 1 is 1.38 bits per heavy atom. The third-order valence-electron chi connectivity index (χ3n) is 1.88. The molecule has 0 fully saturated rings. The zero-order valence-electron chi connectivity index (χ0n) is 7.19. The van der Waals surface area contributed by atoms with Gasteiger partial charge in [-0.05, 0) is 24.3 Å². The highest BCUT2D eigenvalue weighted by Gasteiger charge is 1.97. The lowest BCUT2D eigenvalue weighted by Crippen LogP contribution is -2.12. The fourth-order valence-electron chi connectivity index (χ4n) is 1.28. The monoisotopic (exact) mass is 191 g/mol. The molecule has 0 aliphatic carbocycles. The van der Waals surface area contributed by atoms with E-state index in [0.29, 0.717) is 0 Å². The molecule has 66 valence electrons. The lowest BCUT2D eigenvalue weighted by molar-refractivity contribution is 0.925. The van der Waals surface area contributed by atoms with Crippen molar-refractivity contribution in [2.24, 2.45) is 0 Å². The van der Waals surface area contributed by atoms with E-state index in [9.17, 15) is 0 Å². The molecular weight excluding hydrogens is 182 g/mol. The number of hydrogen-bond donors (Lipinski definition) is 1. The molecule has 13 heavy (non-hydrogen) atoms. The van der Waals surface area contributed by atoms with E-state index >= 15 is 0 Å². The summed E-state index contributed by atoms with van der Waals surface area (Å²) in [4.78, 5) is 4.25. The highest BCUT2D eigenvalue weighted by molar-refractivity contribution is 7.71. The molecule has 0 saturated heterocycles. The first kappa shape index (κ1) is 8.19. The minimum atomic E-state index is 0.730. The average Bonchev–Trinajstić information content (AvgIpc) is 2.18. The van der Waals surface area contributed by atoms with E-state index in [-0.39, 0.29) is 0 Å². The Balaban J connectivity index is 2.92. The van der Waals surface area contributed by atoms with Crippen molar-refractivity contribution in [3.05, 3.63) is 35.1 Å². The van der Waals surface area contributed by atoms with Gasteiger partial charge in [0.25, 0.3) is 0 Å². The zero-order valence-corrected chi connectivity index (χ0v) is 8.01. The van der Waals surface area contributed by atoms with E-state index in [1.54, 1.807) is 10.9 Å². The summed E-state index contributed by atoms with van der Waals surface area (Å²) in [6.45, 7) is 0. The second kappa shape index (κ2) is 3.14. The SMILES string of the molecule is CNn1c(=S)ccc2cccnc21. The second-order valence-electron chi connectivity index (χ2n) is 2.65. The minimum absolute atomic E-state index is 0.730. The molecule has 0 spiro atoms. The van der Waals surface area contributed by atoms with Crippen LogP contribution in [0, 0.1) is 4.64 Å². The van der Waals surface area contributed by atoms with Crippen molar-refractivity contribution in [1.29, 1.82) is 0 Å². The van der Waals surface area contributed by atoms with E-state index in [0.717, 1.165) is 15.7 Å². The number of nitrogens with one attached hydrogen (secondary N) is 1. The van der Waals surface area contributed by atoms with Crippen LogP contribution >= 0.6 is 12.2 Å². The molecule has 2 rings (SSSR count). The molecule has 0 aliphatic heterocycles. The second-order valence-corrected chi connectivity index (χ2v) is 3.07. The fourth-order valence-corrected chi connectivity index (χ4v) is 1.53. The van der Waals surface area contributed by atoms with Crippen molar-refractivity contribution in [2.45, 2.75) is 0 Å². The molecule has 0 aliphatic rings. The topological polar surface area (TPSA) is 29.9 Å². The summed E-state index contributed by atoms with van der Waals surface area (Å²) in [6.07, 6.45) is 1.75. The Hall–Kier alpha value is -1.42. The van der Waals surface area contributed by atoms with Crippen molar-refractivity contribution in [3.8, 4) is 0 Å². The zero-order chi connectivity index (χ0) is 9.26. The van der Waals surface area contributed by atoms with E-state index in [2.05, 4.69) is 10.4 Å². The van der Waals surface area contributed by atoms with Crippen LogP contribution in [0.15, 0.2) is 30.5 Å². The lowest BCUT2D eigenvalue weighted by atomic mass is 10.3. The molecule has 2 heterocycles. The van der Waals surface area contributed by atoms with E-state index < -0.39 is 0 Å². The van der Waals surface area contributed by atoms with Gasteiger partial charge in [0.1, 0.15) is 4.64 Å². The van der Waals surface area contributed by atoms with Crippen molar-refractivity contribution in [3.63, 3.8) is 0 Å². The number of fused-ring (bicyclic) bond motifs is 1. The Labute approximate surface area is 81.0 Å². The summed E-state index contributed by atoms with van der Waals surface area (Å²) in [7, 11) is 1.82. The van der Waals surface area contributed by atoms with Crippen LogP contribution in [-0.4, -0.2) is 16.7 Å². The maximum atomic E-state index is 5.14. The summed E-state index contributed by atoms with van der Waals surface area (Å²) in [5.41, 5.74) is 3.85. The number of rotatable bonds is 1. The van der Waals surface area contributed by atoms with Crippen molar-refractivity contribution >= 4 is 23.3 Å². The van der Waals surface area contributed by atoms with Gasteiger partial charge in [0.05, 0.1) is 0 Å². The third kappa shape index (κ3) is 1.29. The van der Waals surface area contributed by atoms with Gasteiger partial charge < -0.3 is 5.43 Å². The van der Waals surface area contributed by atoms with Crippen LogP contribution in [0.2, 0.25) is 0 Å². The van der Waals surface area contributed by atoms with Crippen LogP contribution in [0.4, 0.5) is 0 Å². The summed E-state index contributed by atoms with van der Waals surface area (Å²) >= 11 is 5.14. The van der Waals surface area contributed by atoms with E-state index in [1.807, 2.05) is 31.3 Å². The molecule has 0 unspecified atom stereocenters. The first-order chi connectivity index (χ1) is 6.33. The molecule has 0 amide bonds. The van der Waals surface area contributed by atoms with Gasteiger partial charge in [-0.15, -0.1) is 0 Å². The van der Waals surface area contributed by atoms with Gasteiger partial charge in [-0.3, -0.25) is 0 Å². The summed E-state index contributed by atoms with van der Waals surface area (Å²) in [5, 5.41) is 1.07. The van der Waals surface area contributed by atoms with Crippen molar-refractivity contribution in [2.75, 3.05) is 12.5 Å². The molecular formula is C9H9N3S. The Morgan fingerprint density at radius 3 is 3.00 bits per heavy atom. The summed E-state index contributed by atoms with van der Waals surface area (Å²) in [5.74, 6) is 0. The van der Waals surface area contributed by atoms with Gasteiger partial charge in [-0.2, -0.15) is 0 Å². The van der Waals surface area contributed by atoms with Gasteiger partial charge >= 0.3 is 0 Å². The van der Waals surface area contributed by atoms with Crippen LogP contribution in [0.3, 0.4) is 0 Å². The standard InChI is InChI=1S/C9H9N3S/c1-10-12-8(13)5-4-7-3-2-6-11-9(7)12/h2-6,10H,1H3. The van der Waals surface area contributed by atoms with Crippen LogP contribution in [-0.2, 0) is 0 Å². The molecule has 0 aromatic carbocycles. The van der Waals surface area contributed by atoms with Crippen LogP contribution < -0.4 is 5.43 Å². The van der Waals surface area contributed by atoms with Gasteiger partial charge in [0.2, 0.25) is 0 Å². The maximum Gasteiger partial charge on any atom is 0.159 e. The molecule has 0 atom stereocenters. The predicted molar refractivity (Wildman–Crippen MR) is 55.9 cm³/mol. The largest absolute Gasteiger partial charge is 0.326 e. The molecule has 2 aromatic rings. The Morgan fingerprint density at radius 2 is 2.23 bits per heavy atom. The Kier molecular flexibility index (Phi) is 1.98. The highest BCUT2D eigenvalue weighted by Crippen LogP contribution is 2.09. The van der Waals surface area contributed by atoms with Crippen molar-refractivity contribution < 1.29 is 0 Å². The molecule has 0 saturated carbocycles. The quantitative estimate of drug-likeness (QED) is 0.699. The van der Waals surface area contributed by atoms with E-state index in [1.165, 1.54) is 0 Å². The molecule has 2 aromatic heterocycles. The number of pyridine rings is 2. The predicted octanol–water partition coefficient (Wildman–Crippen LogP) is 1.94. The van der Waals surface area contributed by atoms with Crippen LogP contribution in [0.1, 0.15) is 0 Å². The Bertz CT molecular complexity index is 489. The first-order valence-electron chi connectivity index (χ1n) is 3.97. The molecule has 0 radical (unpaired) electrons. The van der Waals surface area contributed by atoms with Gasteiger partial charge in [-0.25, -0.2) is 9.66 Å². The molecule has 1 N–H and O–H groups in total. The first-order valence-corrected chi connectivity index (χ1v) is 4.38. The van der Waals surface area contributed by atoms with Crippen LogP contribution in [0.5, 0.6) is 0 Å². The number of aromatic nitrogens is 2. The minimum Gasteiger partial charge on any atom is -0.326 e. The molecule has 3 nitrogen and oxygen atoms in total. The van der Waals surface area contributed by atoms with Gasteiger partial charge in [-0.1, -0.05) is 12.2 Å². The summed E-state index contributed by atoms with van der Waals surface area (Å²) in [6, 6.07) is 7.77. The molecule has 4 heteroatoms. The van der Waals surface area contributed by atoms with Crippen LogP contribution in [0.25, 0.3) is 11.0 Å². The third-order valence-corrected chi connectivity index (χ3v) is 2.20. The fraction of sp³-hybridized carbons (Fsp3) is 0.111. The number of nitrogens with zero attached hydrogens (tertiary/aromatic N) is 2. The molecule has 0 bridgehead atoms.